The summed E-state index contributed by atoms with van der Waals surface area (Å²) in [6.07, 6.45) is 3.80. The number of hydrogen-bond donors (Lipinski definition) is 1. The quantitative estimate of drug-likeness (QED) is 0.826. The van der Waals surface area contributed by atoms with Gasteiger partial charge in [0.25, 0.3) is 0 Å². The summed E-state index contributed by atoms with van der Waals surface area (Å²) in [5.74, 6) is 0. The van der Waals surface area contributed by atoms with Crippen molar-refractivity contribution >= 4 is 11.3 Å². The Morgan fingerprint density at radius 1 is 1.43 bits per heavy atom. The molecular formula is C11H18N2S. The van der Waals surface area contributed by atoms with Gasteiger partial charge in [0.1, 0.15) is 0 Å². The minimum Gasteiger partial charge on any atom is -0.330 e. The number of nitrogens with zero attached hydrogens (tertiary/aromatic N) is 1. The maximum absolute atomic E-state index is 5.68. The lowest BCUT2D eigenvalue weighted by atomic mass is 10.1. The van der Waals surface area contributed by atoms with E-state index in [1.807, 2.05) is 0 Å². The van der Waals surface area contributed by atoms with Crippen LogP contribution < -0.4 is 5.73 Å². The predicted octanol–water partition coefficient (Wildman–Crippen LogP) is 2.23. The van der Waals surface area contributed by atoms with Gasteiger partial charge in [0, 0.05) is 6.04 Å². The van der Waals surface area contributed by atoms with Gasteiger partial charge in [0.2, 0.25) is 0 Å². The molecule has 1 aliphatic rings. The molecule has 3 heteroatoms. The van der Waals surface area contributed by atoms with E-state index in [-0.39, 0.29) is 0 Å². The summed E-state index contributed by atoms with van der Waals surface area (Å²) in [7, 11) is 0. The molecule has 0 aliphatic carbocycles. The second kappa shape index (κ2) is 4.91. The van der Waals surface area contributed by atoms with Crippen LogP contribution in [0.3, 0.4) is 0 Å². The van der Waals surface area contributed by atoms with Crippen LogP contribution in [0.1, 0.15) is 30.9 Å². The minimum absolute atomic E-state index is 0.578. The zero-order chi connectivity index (χ0) is 9.80. The molecule has 1 atom stereocenters. The largest absolute Gasteiger partial charge is 0.330 e. The van der Waals surface area contributed by atoms with Gasteiger partial charge >= 0.3 is 0 Å². The zero-order valence-corrected chi connectivity index (χ0v) is 9.30. The highest BCUT2D eigenvalue weighted by molar-refractivity contribution is 7.07. The lowest BCUT2D eigenvalue weighted by molar-refractivity contribution is 0.236. The summed E-state index contributed by atoms with van der Waals surface area (Å²) in [5.41, 5.74) is 7.14. The Hall–Kier alpha value is -0.380. The number of likely N-dealkylation sites (tertiary alicyclic amines) is 1. The van der Waals surface area contributed by atoms with E-state index < -0.39 is 0 Å². The van der Waals surface area contributed by atoms with Crippen LogP contribution in [0, 0.1) is 0 Å². The van der Waals surface area contributed by atoms with Crippen molar-refractivity contribution in [1.82, 2.24) is 4.90 Å². The third-order valence-electron chi connectivity index (χ3n) is 2.95. The first-order chi connectivity index (χ1) is 6.92. The van der Waals surface area contributed by atoms with Gasteiger partial charge in [-0.1, -0.05) is 0 Å². The molecule has 2 nitrogen and oxygen atoms in total. The fraction of sp³-hybridized carbons (Fsp3) is 0.636. The maximum atomic E-state index is 5.68. The summed E-state index contributed by atoms with van der Waals surface area (Å²) in [4.78, 5) is 2.58. The number of hydrogen-bond acceptors (Lipinski definition) is 3. The van der Waals surface area contributed by atoms with Gasteiger partial charge in [-0.25, -0.2) is 0 Å². The van der Waals surface area contributed by atoms with Crippen molar-refractivity contribution in [2.45, 2.75) is 25.3 Å². The highest BCUT2D eigenvalue weighted by Crippen LogP contribution is 2.28. The van der Waals surface area contributed by atoms with Gasteiger partial charge in [-0.05, 0) is 61.3 Å². The molecule has 0 saturated carbocycles. The van der Waals surface area contributed by atoms with Crippen LogP contribution in [-0.2, 0) is 0 Å². The molecule has 1 saturated heterocycles. The van der Waals surface area contributed by atoms with Crippen LogP contribution in [0.2, 0.25) is 0 Å². The molecule has 0 aromatic carbocycles. The van der Waals surface area contributed by atoms with Crippen LogP contribution in [-0.4, -0.2) is 24.5 Å². The van der Waals surface area contributed by atoms with E-state index >= 15 is 0 Å². The molecule has 2 heterocycles. The standard InChI is InChI=1S/C11H18N2S/c12-5-3-11(10-4-8-14-9-10)13-6-1-2-7-13/h4,8-9,11H,1-3,5-7,12H2. The lowest BCUT2D eigenvalue weighted by Gasteiger charge is -2.26. The first-order valence-electron chi connectivity index (χ1n) is 5.38. The monoisotopic (exact) mass is 210 g/mol. The van der Waals surface area contributed by atoms with Crippen LogP contribution in [0.5, 0.6) is 0 Å². The highest BCUT2D eigenvalue weighted by Gasteiger charge is 2.22. The smallest absolute Gasteiger partial charge is 0.0368 e. The molecule has 2 rings (SSSR count). The summed E-state index contributed by atoms with van der Waals surface area (Å²) in [6, 6.07) is 2.82. The number of thiophene rings is 1. The zero-order valence-electron chi connectivity index (χ0n) is 8.48. The van der Waals surface area contributed by atoms with E-state index in [9.17, 15) is 0 Å². The molecule has 1 aromatic heterocycles. The molecule has 1 unspecified atom stereocenters. The SMILES string of the molecule is NCCC(c1ccsc1)N1CCCC1. The molecule has 14 heavy (non-hydrogen) atoms. The van der Waals surface area contributed by atoms with Crippen molar-refractivity contribution in [3.8, 4) is 0 Å². The molecule has 0 spiro atoms. The predicted molar refractivity (Wildman–Crippen MR) is 61.5 cm³/mol. The normalized spacial score (nSPS) is 20.1. The Kier molecular flexibility index (Phi) is 3.56. The summed E-state index contributed by atoms with van der Waals surface area (Å²) in [6.45, 7) is 3.29. The first kappa shape index (κ1) is 10.1. The van der Waals surface area contributed by atoms with Crippen LogP contribution >= 0.6 is 11.3 Å². The van der Waals surface area contributed by atoms with Crippen molar-refractivity contribution in [2.75, 3.05) is 19.6 Å². The van der Waals surface area contributed by atoms with Crippen LogP contribution in [0.25, 0.3) is 0 Å². The van der Waals surface area contributed by atoms with Crippen molar-refractivity contribution in [3.63, 3.8) is 0 Å². The molecule has 78 valence electrons. The van der Waals surface area contributed by atoms with Crippen molar-refractivity contribution in [3.05, 3.63) is 22.4 Å². The van der Waals surface area contributed by atoms with E-state index in [4.69, 9.17) is 5.73 Å². The van der Waals surface area contributed by atoms with Gasteiger partial charge in [-0.15, -0.1) is 0 Å². The van der Waals surface area contributed by atoms with Gasteiger partial charge in [-0.3, -0.25) is 4.90 Å². The van der Waals surface area contributed by atoms with Crippen molar-refractivity contribution in [1.29, 1.82) is 0 Å². The Bertz CT molecular complexity index is 252. The molecule has 1 fully saturated rings. The number of rotatable bonds is 4. The summed E-state index contributed by atoms with van der Waals surface area (Å²) < 4.78 is 0. The van der Waals surface area contributed by atoms with Gasteiger partial charge in [0.15, 0.2) is 0 Å². The van der Waals surface area contributed by atoms with Crippen LogP contribution in [0.15, 0.2) is 16.8 Å². The average Bonchev–Trinajstić information content (AvgIpc) is 2.87. The van der Waals surface area contributed by atoms with Gasteiger partial charge in [-0.2, -0.15) is 11.3 Å². The van der Waals surface area contributed by atoms with Crippen LogP contribution in [0.4, 0.5) is 0 Å². The average molecular weight is 210 g/mol. The summed E-state index contributed by atoms with van der Waals surface area (Å²) >= 11 is 1.79. The summed E-state index contributed by atoms with van der Waals surface area (Å²) in [5, 5.41) is 4.42. The molecule has 1 aliphatic heterocycles. The van der Waals surface area contributed by atoms with E-state index in [1.165, 1.54) is 31.5 Å². The Morgan fingerprint density at radius 2 is 2.21 bits per heavy atom. The minimum atomic E-state index is 0.578. The molecule has 0 amide bonds. The number of nitrogens with two attached hydrogens (primary N) is 1. The fourth-order valence-corrected chi connectivity index (χ4v) is 2.94. The van der Waals surface area contributed by atoms with Gasteiger partial charge in [0.05, 0.1) is 0 Å². The Morgan fingerprint density at radius 3 is 2.79 bits per heavy atom. The molecule has 2 N–H and O–H groups in total. The topological polar surface area (TPSA) is 29.3 Å². The van der Waals surface area contributed by atoms with E-state index in [0.29, 0.717) is 6.04 Å². The second-order valence-corrected chi connectivity index (χ2v) is 4.67. The lowest BCUT2D eigenvalue weighted by Crippen LogP contribution is -2.27. The second-order valence-electron chi connectivity index (χ2n) is 3.89. The maximum Gasteiger partial charge on any atom is 0.0368 e. The Balaban J connectivity index is 2.06. The molecule has 0 bridgehead atoms. The van der Waals surface area contributed by atoms with E-state index in [0.717, 1.165) is 13.0 Å². The van der Waals surface area contributed by atoms with Gasteiger partial charge < -0.3 is 5.73 Å². The third-order valence-corrected chi connectivity index (χ3v) is 3.65. The fourth-order valence-electron chi connectivity index (χ4n) is 2.24. The molecule has 1 aromatic rings. The van der Waals surface area contributed by atoms with E-state index in [2.05, 4.69) is 21.7 Å². The van der Waals surface area contributed by atoms with Crippen molar-refractivity contribution in [2.24, 2.45) is 5.73 Å². The molecular weight excluding hydrogens is 192 g/mol. The molecule has 0 radical (unpaired) electrons. The Labute approximate surface area is 89.7 Å². The third kappa shape index (κ3) is 2.16. The van der Waals surface area contributed by atoms with Crippen molar-refractivity contribution < 1.29 is 0 Å². The first-order valence-corrected chi connectivity index (χ1v) is 6.32. The van der Waals surface area contributed by atoms with E-state index in [1.54, 1.807) is 11.3 Å². The highest BCUT2D eigenvalue weighted by atomic mass is 32.1.